The van der Waals surface area contributed by atoms with Crippen LogP contribution >= 0.6 is 23.1 Å². The maximum Gasteiger partial charge on any atom is 0.251 e. The highest BCUT2D eigenvalue weighted by Gasteiger charge is 2.14. The molecular weight excluding hydrogens is 328 g/mol. The number of thioether (sulfide) groups is 1. The van der Waals surface area contributed by atoms with Crippen LogP contribution in [0.2, 0.25) is 0 Å². The average Bonchev–Trinajstić information content (AvgIpc) is 2.93. The van der Waals surface area contributed by atoms with Crippen molar-refractivity contribution in [1.29, 1.82) is 0 Å². The molecule has 0 spiro atoms. The standard InChI is InChI=1S/C17H20N2O2S2/c1-17(2,3)11-4-6-12(7-5-11)23-10-14(20)19-16-13(15(18)21)8-9-22-16/h4-9H,10H2,1-3H3,(H2,18,21)(H,19,20). The molecule has 1 heterocycles. The van der Waals surface area contributed by atoms with Crippen LogP contribution in [0.3, 0.4) is 0 Å². The Bertz CT molecular complexity index is 700. The van der Waals surface area contributed by atoms with Crippen LogP contribution in [0.15, 0.2) is 40.6 Å². The molecule has 0 saturated carbocycles. The predicted octanol–water partition coefficient (Wildman–Crippen LogP) is 3.88. The Hall–Kier alpha value is -1.79. The van der Waals surface area contributed by atoms with E-state index < -0.39 is 5.91 Å². The number of carbonyl (C=O) groups is 2. The fourth-order valence-electron chi connectivity index (χ4n) is 1.96. The Morgan fingerprint density at radius 3 is 2.39 bits per heavy atom. The van der Waals surface area contributed by atoms with Gasteiger partial charge in [-0.3, -0.25) is 9.59 Å². The zero-order valence-corrected chi connectivity index (χ0v) is 15.0. The molecule has 6 heteroatoms. The fourth-order valence-corrected chi connectivity index (χ4v) is 3.47. The second-order valence-corrected chi connectivity index (χ2v) is 8.10. The van der Waals surface area contributed by atoms with Crippen molar-refractivity contribution in [3.63, 3.8) is 0 Å². The van der Waals surface area contributed by atoms with Crippen LogP contribution in [-0.2, 0) is 10.2 Å². The van der Waals surface area contributed by atoms with E-state index in [-0.39, 0.29) is 17.1 Å². The summed E-state index contributed by atoms with van der Waals surface area (Å²) in [6.45, 7) is 6.50. The molecule has 0 atom stereocenters. The third-order valence-corrected chi connectivity index (χ3v) is 5.12. The predicted molar refractivity (Wildman–Crippen MR) is 97.3 cm³/mol. The lowest BCUT2D eigenvalue weighted by atomic mass is 9.87. The van der Waals surface area contributed by atoms with Gasteiger partial charge in [0.15, 0.2) is 0 Å². The third kappa shape index (κ3) is 4.84. The maximum absolute atomic E-state index is 12.0. The molecule has 0 fully saturated rings. The molecule has 2 rings (SSSR count). The highest BCUT2D eigenvalue weighted by atomic mass is 32.2. The van der Waals surface area contributed by atoms with Crippen molar-refractivity contribution in [2.45, 2.75) is 31.1 Å². The van der Waals surface area contributed by atoms with E-state index >= 15 is 0 Å². The van der Waals surface area contributed by atoms with Gasteiger partial charge in [0, 0.05) is 4.90 Å². The molecule has 0 unspecified atom stereocenters. The van der Waals surface area contributed by atoms with Crippen LogP contribution in [0.25, 0.3) is 0 Å². The number of amides is 2. The molecule has 0 aliphatic heterocycles. The van der Waals surface area contributed by atoms with Crippen LogP contribution in [0.5, 0.6) is 0 Å². The normalized spacial score (nSPS) is 11.3. The minimum atomic E-state index is -0.535. The van der Waals surface area contributed by atoms with Gasteiger partial charge >= 0.3 is 0 Å². The van der Waals surface area contributed by atoms with E-state index in [2.05, 4.69) is 38.2 Å². The third-order valence-electron chi connectivity index (χ3n) is 3.27. The number of nitrogens with one attached hydrogen (secondary N) is 1. The minimum absolute atomic E-state index is 0.116. The van der Waals surface area contributed by atoms with Gasteiger partial charge in [-0.15, -0.1) is 23.1 Å². The van der Waals surface area contributed by atoms with Gasteiger partial charge in [0.25, 0.3) is 5.91 Å². The summed E-state index contributed by atoms with van der Waals surface area (Å²) in [6.07, 6.45) is 0. The van der Waals surface area contributed by atoms with Crippen molar-refractivity contribution >= 4 is 39.9 Å². The minimum Gasteiger partial charge on any atom is -0.366 e. The van der Waals surface area contributed by atoms with E-state index in [0.29, 0.717) is 10.6 Å². The lowest BCUT2D eigenvalue weighted by Gasteiger charge is -2.19. The first kappa shape index (κ1) is 17.6. The molecule has 2 amide bonds. The van der Waals surface area contributed by atoms with Crippen molar-refractivity contribution in [1.82, 2.24) is 0 Å². The van der Waals surface area contributed by atoms with Crippen molar-refractivity contribution in [2.24, 2.45) is 5.73 Å². The number of rotatable bonds is 5. The van der Waals surface area contributed by atoms with E-state index in [1.165, 1.54) is 28.7 Å². The molecule has 23 heavy (non-hydrogen) atoms. The van der Waals surface area contributed by atoms with Crippen LogP contribution in [0.1, 0.15) is 36.7 Å². The summed E-state index contributed by atoms with van der Waals surface area (Å²) < 4.78 is 0. The molecule has 0 aliphatic carbocycles. The number of benzene rings is 1. The monoisotopic (exact) mass is 348 g/mol. The highest BCUT2D eigenvalue weighted by Crippen LogP contribution is 2.26. The van der Waals surface area contributed by atoms with E-state index in [1.54, 1.807) is 11.4 Å². The number of thiophene rings is 1. The molecule has 2 aromatic rings. The number of carbonyl (C=O) groups excluding carboxylic acids is 2. The zero-order valence-electron chi connectivity index (χ0n) is 13.4. The Labute approximate surface area is 144 Å². The summed E-state index contributed by atoms with van der Waals surface area (Å²) in [4.78, 5) is 24.3. The Morgan fingerprint density at radius 1 is 1.17 bits per heavy atom. The number of hydrogen-bond donors (Lipinski definition) is 2. The SMILES string of the molecule is CC(C)(C)c1ccc(SCC(=O)Nc2sccc2C(N)=O)cc1. The van der Waals surface area contributed by atoms with E-state index in [1.807, 2.05) is 12.1 Å². The molecule has 122 valence electrons. The number of hydrogen-bond acceptors (Lipinski definition) is 4. The van der Waals surface area contributed by atoms with Gasteiger partial charge in [-0.2, -0.15) is 0 Å². The second-order valence-electron chi connectivity index (χ2n) is 6.14. The quantitative estimate of drug-likeness (QED) is 0.806. The fraction of sp³-hybridized carbons (Fsp3) is 0.294. The van der Waals surface area contributed by atoms with Gasteiger partial charge in [0.1, 0.15) is 5.00 Å². The molecule has 0 aliphatic rings. The molecule has 3 N–H and O–H groups in total. The summed E-state index contributed by atoms with van der Waals surface area (Å²) >= 11 is 2.75. The molecule has 1 aromatic heterocycles. The summed E-state index contributed by atoms with van der Waals surface area (Å²) in [5.74, 6) is -0.405. The number of primary amides is 1. The van der Waals surface area contributed by atoms with Crippen molar-refractivity contribution in [2.75, 3.05) is 11.1 Å². The van der Waals surface area contributed by atoms with Gasteiger partial charge in [0.05, 0.1) is 11.3 Å². The topological polar surface area (TPSA) is 72.2 Å². The largest absolute Gasteiger partial charge is 0.366 e. The number of nitrogens with two attached hydrogens (primary N) is 1. The highest BCUT2D eigenvalue weighted by molar-refractivity contribution is 8.00. The van der Waals surface area contributed by atoms with Gasteiger partial charge in [0.2, 0.25) is 5.91 Å². The first-order valence-corrected chi connectivity index (χ1v) is 9.04. The van der Waals surface area contributed by atoms with Crippen molar-refractivity contribution < 1.29 is 9.59 Å². The van der Waals surface area contributed by atoms with Crippen LogP contribution in [0, 0.1) is 0 Å². The van der Waals surface area contributed by atoms with Crippen LogP contribution in [0.4, 0.5) is 5.00 Å². The van der Waals surface area contributed by atoms with Gasteiger partial charge in [-0.1, -0.05) is 32.9 Å². The van der Waals surface area contributed by atoms with Gasteiger partial charge in [-0.05, 0) is 34.6 Å². The van der Waals surface area contributed by atoms with Gasteiger partial charge in [-0.25, -0.2) is 0 Å². The maximum atomic E-state index is 12.0. The van der Waals surface area contributed by atoms with E-state index in [4.69, 9.17) is 5.73 Å². The smallest absolute Gasteiger partial charge is 0.251 e. The first-order chi connectivity index (χ1) is 10.8. The molecular formula is C17H20N2O2S2. The van der Waals surface area contributed by atoms with Crippen LogP contribution in [-0.4, -0.2) is 17.6 Å². The van der Waals surface area contributed by atoms with Gasteiger partial charge < -0.3 is 11.1 Å². The van der Waals surface area contributed by atoms with Crippen molar-refractivity contribution in [3.8, 4) is 0 Å². The zero-order chi connectivity index (χ0) is 17.0. The second kappa shape index (κ2) is 7.19. The summed E-state index contributed by atoms with van der Waals surface area (Å²) in [5.41, 5.74) is 6.99. The summed E-state index contributed by atoms with van der Waals surface area (Å²) in [5, 5.41) is 4.97. The van der Waals surface area contributed by atoms with E-state index in [9.17, 15) is 9.59 Å². The average molecular weight is 348 g/mol. The molecule has 4 nitrogen and oxygen atoms in total. The van der Waals surface area contributed by atoms with Crippen LogP contribution < -0.4 is 11.1 Å². The Morgan fingerprint density at radius 2 is 1.83 bits per heavy atom. The van der Waals surface area contributed by atoms with Crippen molar-refractivity contribution in [3.05, 3.63) is 46.8 Å². The summed E-state index contributed by atoms with van der Waals surface area (Å²) in [6, 6.07) is 9.84. The lowest BCUT2D eigenvalue weighted by Crippen LogP contribution is -2.17. The number of anilines is 1. The first-order valence-electron chi connectivity index (χ1n) is 7.18. The Balaban J connectivity index is 1.92. The molecule has 0 radical (unpaired) electrons. The molecule has 0 bridgehead atoms. The molecule has 1 aromatic carbocycles. The molecule has 0 saturated heterocycles. The Kier molecular flexibility index (Phi) is 5.49. The lowest BCUT2D eigenvalue weighted by molar-refractivity contribution is -0.113. The van der Waals surface area contributed by atoms with E-state index in [0.717, 1.165) is 4.90 Å². The summed E-state index contributed by atoms with van der Waals surface area (Å²) in [7, 11) is 0.